The topological polar surface area (TPSA) is 80.7 Å². The molecule has 0 radical (unpaired) electrons. The summed E-state index contributed by atoms with van der Waals surface area (Å²) >= 11 is 0. The molecule has 1 unspecified atom stereocenters. The molecule has 45 heavy (non-hydrogen) atoms. The summed E-state index contributed by atoms with van der Waals surface area (Å²) < 4.78 is 8.65. The highest BCUT2D eigenvalue weighted by atomic mass is 16.5. The van der Waals surface area contributed by atoms with Gasteiger partial charge in [-0.15, -0.1) is 0 Å². The van der Waals surface area contributed by atoms with Gasteiger partial charge < -0.3 is 4.74 Å². The first kappa shape index (κ1) is 33.5. The molecule has 0 aromatic carbocycles. The van der Waals surface area contributed by atoms with Crippen LogP contribution in [-0.2, 0) is 9.53 Å². The van der Waals surface area contributed by atoms with Gasteiger partial charge in [0.15, 0.2) is 0 Å². The molecule has 0 bridgehead atoms. The van der Waals surface area contributed by atoms with Gasteiger partial charge in [0.2, 0.25) is 0 Å². The van der Waals surface area contributed by atoms with Crippen LogP contribution in [0.15, 0.2) is 0 Å². The lowest BCUT2D eigenvalue weighted by Gasteiger charge is -2.50. The number of unbranched alkanes of at least 4 members (excludes halogenated alkanes) is 8. The monoisotopic (exact) mass is 628 g/mol. The van der Waals surface area contributed by atoms with Crippen LogP contribution in [-0.4, -0.2) is 82.1 Å². The van der Waals surface area contributed by atoms with Crippen molar-refractivity contribution in [2.75, 3.05) is 0 Å². The fraction of sp³-hybridized carbons (Fsp3) is 0.946. The Bertz CT molecular complexity index is 1010. The zero-order valence-corrected chi connectivity index (χ0v) is 29.2. The molecular formula is C37H67N6O2+. The maximum Gasteiger partial charge on any atom is 0.346 e. The predicted octanol–water partition coefficient (Wildman–Crippen LogP) is 5.74. The van der Waals surface area contributed by atoms with Crippen molar-refractivity contribution in [2.24, 2.45) is 5.92 Å². The molecule has 6 rings (SSSR count). The Labute approximate surface area is 274 Å². The van der Waals surface area contributed by atoms with Gasteiger partial charge in [0.25, 0.3) is 0 Å². The van der Waals surface area contributed by atoms with Crippen molar-refractivity contribution in [3.8, 4) is 0 Å². The number of ether oxygens (including phenoxy) is 1. The Morgan fingerprint density at radius 2 is 1.56 bits per heavy atom. The number of nitrogens with one attached hydrogen (secondary N) is 4. The third-order valence-electron chi connectivity index (χ3n) is 12.4. The van der Waals surface area contributed by atoms with Crippen LogP contribution in [0.2, 0.25) is 0 Å². The molecule has 4 fully saturated rings. The summed E-state index contributed by atoms with van der Waals surface area (Å²) in [6.07, 6.45) is 25.9. The van der Waals surface area contributed by atoms with E-state index in [1.165, 1.54) is 115 Å². The van der Waals surface area contributed by atoms with E-state index >= 15 is 0 Å². The van der Waals surface area contributed by atoms with Crippen LogP contribution in [0.5, 0.6) is 0 Å². The number of guanidine groups is 1. The molecule has 0 amide bonds. The summed E-state index contributed by atoms with van der Waals surface area (Å²) in [5.74, 6) is 1.11. The van der Waals surface area contributed by atoms with Gasteiger partial charge >= 0.3 is 11.9 Å². The lowest BCUT2D eigenvalue weighted by atomic mass is 9.89. The molecule has 11 atom stereocenters. The van der Waals surface area contributed by atoms with Gasteiger partial charge in [-0.25, -0.2) is 0 Å². The van der Waals surface area contributed by atoms with Crippen LogP contribution >= 0.6 is 0 Å². The first-order valence-electron chi connectivity index (χ1n) is 19.6. The van der Waals surface area contributed by atoms with E-state index in [0.717, 1.165) is 31.3 Å². The largest absolute Gasteiger partial charge is 0.462 e. The number of hydrogen-bond acceptors (Lipinski definition) is 7. The van der Waals surface area contributed by atoms with Gasteiger partial charge in [-0.2, -0.15) is 0 Å². The lowest BCUT2D eigenvalue weighted by molar-refractivity contribution is -0.598. The summed E-state index contributed by atoms with van der Waals surface area (Å²) in [7, 11) is 0. The van der Waals surface area contributed by atoms with Crippen molar-refractivity contribution >= 4 is 11.9 Å². The normalized spacial score (nSPS) is 37.9. The number of carbonyl (C=O) groups excluding carboxylic acids is 1. The summed E-state index contributed by atoms with van der Waals surface area (Å²) in [5, 5.41) is 15.3. The quantitative estimate of drug-likeness (QED) is 0.0988. The molecule has 8 heteroatoms. The minimum atomic E-state index is -0.0868. The highest BCUT2D eigenvalue weighted by Gasteiger charge is 2.53. The molecule has 4 saturated heterocycles. The number of hydrogen-bond donors (Lipinski definition) is 4. The van der Waals surface area contributed by atoms with Crippen molar-refractivity contribution in [3.63, 3.8) is 0 Å². The maximum atomic E-state index is 13.5. The van der Waals surface area contributed by atoms with E-state index in [1.807, 2.05) is 0 Å². The number of nitrogens with zero attached hydrogens (tertiary/aromatic N) is 2. The Kier molecular flexibility index (Phi) is 11.7. The molecule has 4 N–H and O–H groups in total. The average molecular weight is 628 g/mol. The van der Waals surface area contributed by atoms with Crippen molar-refractivity contribution in [3.05, 3.63) is 0 Å². The molecular weight excluding hydrogens is 560 g/mol. The molecule has 8 nitrogen and oxygen atoms in total. The summed E-state index contributed by atoms with van der Waals surface area (Å²) in [6.45, 7) is 8.92. The number of carbonyl (C=O) groups is 1. The smallest absolute Gasteiger partial charge is 0.346 e. The number of esters is 1. The van der Waals surface area contributed by atoms with E-state index in [0.29, 0.717) is 30.5 Å². The summed E-state index contributed by atoms with van der Waals surface area (Å²) in [5.41, 5.74) is 0. The fourth-order valence-corrected chi connectivity index (χ4v) is 10.2. The van der Waals surface area contributed by atoms with E-state index < -0.39 is 0 Å². The van der Waals surface area contributed by atoms with Crippen LogP contribution in [0.1, 0.15) is 156 Å². The molecule has 6 aliphatic rings. The predicted molar refractivity (Wildman–Crippen MR) is 182 cm³/mol. The number of rotatable bonds is 16. The Hall–Kier alpha value is -1.38. The summed E-state index contributed by atoms with van der Waals surface area (Å²) in [6, 6.07) is 4.37. The molecule has 0 spiro atoms. The second kappa shape index (κ2) is 15.7. The van der Waals surface area contributed by atoms with E-state index in [2.05, 4.69) is 58.4 Å². The first-order valence-corrected chi connectivity index (χ1v) is 19.6. The highest BCUT2D eigenvalue weighted by Crippen LogP contribution is 2.37. The van der Waals surface area contributed by atoms with Crippen LogP contribution in [0.4, 0.5) is 0 Å². The minimum Gasteiger partial charge on any atom is -0.462 e. The summed E-state index contributed by atoms with van der Waals surface area (Å²) in [4.78, 5) is 16.3. The maximum absolute atomic E-state index is 13.5. The minimum absolute atomic E-state index is 0.00106. The molecule has 0 saturated carbocycles. The van der Waals surface area contributed by atoms with Crippen LogP contribution in [0.3, 0.4) is 0 Å². The van der Waals surface area contributed by atoms with E-state index in [4.69, 9.17) is 4.74 Å². The SMILES string of the molecule is CCCCCCC[C@@H]1C[C@@H]2CC[C@H]3[C@@H](C(=O)O[C@H](C)CCCCCCC[C@@H]4C[C@@H]5CC[C@@H]6C[C@H](C)NC(N4)N65)[C@@H](C)NC(=[N+]23)N1. The van der Waals surface area contributed by atoms with Gasteiger partial charge in [0, 0.05) is 30.6 Å². The van der Waals surface area contributed by atoms with Gasteiger partial charge in [0.1, 0.15) is 12.2 Å². The second-order valence-electron chi connectivity index (χ2n) is 16.0. The van der Waals surface area contributed by atoms with E-state index in [1.54, 1.807) is 0 Å². The van der Waals surface area contributed by atoms with Gasteiger partial charge in [-0.05, 0) is 85.0 Å². The molecule has 0 aromatic heterocycles. The first-order chi connectivity index (χ1) is 21.9. The van der Waals surface area contributed by atoms with Crippen LogP contribution in [0.25, 0.3) is 0 Å². The second-order valence-corrected chi connectivity index (χ2v) is 16.0. The van der Waals surface area contributed by atoms with Gasteiger partial charge in [0.05, 0.1) is 30.3 Å². The van der Waals surface area contributed by atoms with Crippen LogP contribution in [0, 0.1) is 5.92 Å². The average Bonchev–Trinajstić information content (AvgIpc) is 3.61. The molecule has 6 heterocycles. The molecule has 0 aliphatic carbocycles. The zero-order chi connectivity index (χ0) is 31.3. The highest BCUT2D eigenvalue weighted by molar-refractivity contribution is 5.81. The van der Waals surface area contributed by atoms with E-state index in [9.17, 15) is 4.79 Å². The Morgan fingerprint density at radius 3 is 2.36 bits per heavy atom. The third-order valence-corrected chi connectivity index (χ3v) is 12.4. The fourth-order valence-electron chi connectivity index (χ4n) is 10.2. The standard InChI is InChI=1S/C37H66N6O2/c1-5-6-7-9-13-16-29-24-32-20-21-33-34(27(4)39-37(41-29)43(32)33)35(44)45-26(3)15-12-10-8-11-14-17-28-23-31-19-18-30-22-25(2)38-36(40-28)42(30)31/h25-34,36,38,40H,5-24H2,1-4H3,(H,39,41)/p+1/t25-,26+,27+,28+,29+,30+,31-,32-,33-,34-,36?/m0/s1. The molecule has 6 aliphatic heterocycles. The van der Waals surface area contributed by atoms with Crippen molar-refractivity contribution < 1.29 is 14.1 Å². The molecule has 256 valence electrons. The lowest BCUT2D eigenvalue weighted by Crippen LogP contribution is -2.70. The zero-order valence-electron chi connectivity index (χ0n) is 29.2. The Balaban J connectivity index is 0.863. The third kappa shape index (κ3) is 8.02. The van der Waals surface area contributed by atoms with E-state index in [-0.39, 0.29) is 30.1 Å². The van der Waals surface area contributed by atoms with Crippen LogP contribution < -0.4 is 21.3 Å². The molecule has 0 aromatic rings. The van der Waals surface area contributed by atoms with Crippen molar-refractivity contribution in [1.82, 2.24) is 26.2 Å². The van der Waals surface area contributed by atoms with Crippen molar-refractivity contribution in [2.45, 2.75) is 217 Å². The van der Waals surface area contributed by atoms with Gasteiger partial charge in [-0.1, -0.05) is 64.7 Å². The van der Waals surface area contributed by atoms with Crippen molar-refractivity contribution in [1.29, 1.82) is 0 Å². The Morgan fingerprint density at radius 1 is 0.844 bits per heavy atom. The van der Waals surface area contributed by atoms with Gasteiger partial charge in [-0.3, -0.25) is 35.5 Å².